The van der Waals surface area contributed by atoms with Gasteiger partial charge in [-0.05, 0) is 37.0 Å². The Labute approximate surface area is 348 Å². The third-order valence-electron chi connectivity index (χ3n) is 11.1. The van der Waals surface area contributed by atoms with Crippen molar-refractivity contribution in [1.82, 2.24) is 0 Å². The topological polar surface area (TPSA) is 78.9 Å². The Morgan fingerprint density at radius 1 is 0.304 bits per heavy atom. The van der Waals surface area contributed by atoms with Crippen molar-refractivity contribution >= 4 is 17.9 Å². The van der Waals surface area contributed by atoms with E-state index in [1.54, 1.807) is 0 Å². The number of hydrogen-bond donors (Lipinski definition) is 0. The summed E-state index contributed by atoms with van der Waals surface area (Å²) in [6, 6.07) is 0. The first-order chi connectivity index (χ1) is 27.1. The third kappa shape index (κ3) is 43.5. The lowest BCUT2D eigenvalue weighted by molar-refractivity contribution is -0.167. The minimum atomic E-state index is -0.762. The second-order valence-electron chi connectivity index (χ2n) is 18.5. The molecule has 0 N–H and O–H groups in total. The molecule has 0 fully saturated rings. The lowest BCUT2D eigenvalue weighted by Crippen LogP contribution is -2.30. The van der Waals surface area contributed by atoms with Crippen molar-refractivity contribution in [2.24, 2.45) is 17.8 Å². The average molecular weight is 793 g/mol. The first kappa shape index (κ1) is 54.4. The third-order valence-corrected chi connectivity index (χ3v) is 11.1. The number of carbonyl (C=O) groups excluding carboxylic acids is 3. The summed E-state index contributed by atoms with van der Waals surface area (Å²) in [6.45, 7) is 13.7. The van der Waals surface area contributed by atoms with Crippen molar-refractivity contribution in [3.05, 3.63) is 0 Å². The Bertz CT molecular complexity index is 868. The summed E-state index contributed by atoms with van der Waals surface area (Å²) in [4.78, 5) is 37.8. The number of rotatable bonds is 43. The Balaban J connectivity index is 4.33. The highest BCUT2D eigenvalue weighted by molar-refractivity contribution is 5.71. The number of hydrogen-bond acceptors (Lipinski definition) is 6. The number of ether oxygens (including phenoxy) is 3. The Hall–Kier alpha value is -1.59. The first-order valence-electron chi connectivity index (χ1n) is 24.6. The van der Waals surface area contributed by atoms with Crippen LogP contribution in [0.5, 0.6) is 0 Å². The molecule has 0 saturated heterocycles. The molecule has 0 spiro atoms. The van der Waals surface area contributed by atoms with Crippen LogP contribution in [-0.4, -0.2) is 37.2 Å². The monoisotopic (exact) mass is 793 g/mol. The number of esters is 3. The second kappa shape index (κ2) is 41.6. The molecule has 0 aliphatic rings. The minimum absolute atomic E-state index is 0.0657. The van der Waals surface area contributed by atoms with Gasteiger partial charge in [-0.25, -0.2) is 0 Å². The van der Waals surface area contributed by atoms with Crippen LogP contribution in [-0.2, 0) is 28.6 Å². The highest BCUT2D eigenvalue weighted by Gasteiger charge is 2.19. The predicted octanol–water partition coefficient (Wildman–Crippen LogP) is 15.6. The molecule has 0 radical (unpaired) electrons. The molecule has 0 aromatic carbocycles. The molecule has 0 aliphatic heterocycles. The Kier molecular flexibility index (Phi) is 40.4. The lowest BCUT2D eigenvalue weighted by Gasteiger charge is -2.18. The minimum Gasteiger partial charge on any atom is -0.462 e. The fourth-order valence-electron chi connectivity index (χ4n) is 7.41. The van der Waals surface area contributed by atoms with Gasteiger partial charge in [-0.2, -0.15) is 0 Å². The summed E-state index contributed by atoms with van der Waals surface area (Å²) in [5.74, 6) is 1.58. The van der Waals surface area contributed by atoms with E-state index in [1.807, 2.05) is 0 Å². The van der Waals surface area contributed by atoms with E-state index in [0.717, 1.165) is 75.5 Å². The van der Waals surface area contributed by atoms with Gasteiger partial charge in [0.15, 0.2) is 6.10 Å². The normalized spacial score (nSPS) is 12.2. The largest absolute Gasteiger partial charge is 0.462 e. The van der Waals surface area contributed by atoms with Crippen molar-refractivity contribution in [2.75, 3.05) is 13.2 Å². The van der Waals surface area contributed by atoms with Crippen molar-refractivity contribution in [3.8, 4) is 0 Å². The van der Waals surface area contributed by atoms with Gasteiger partial charge in [-0.1, -0.05) is 228 Å². The zero-order valence-electron chi connectivity index (χ0n) is 38.4. The van der Waals surface area contributed by atoms with Gasteiger partial charge in [0, 0.05) is 19.3 Å². The summed E-state index contributed by atoms with van der Waals surface area (Å²) in [5.41, 5.74) is 0. The quantitative estimate of drug-likeness (QED) is 0.0348. The molecule has 56 heavy (non-hydrogen) atoms. The molecule has 0 aromatic heterocycles. The highest BCUT2D eigenvalue weighted by Crippen LogP contribution is 2.17. The molecule has 0 rings (SSSR count). The maximum atomic E-state index is 12.8. The lowest BCUT2D eigenvalue weighted by atomic mass is 10.0. The van der Waals surface area contributed by atoms with Crippen LogP contribution in [0.3, 0.4) is 0 Å². The van der Waals surface area contributed by atoms with Gasteiger partial charge in [0.25, 0.3) is 0 Å². The van der Waals surface area contributed by atoms with Gasteiger partial charge in [-0.15, -0.1) is 0 Å². The standard InChI is InChI=1S/C50H96O6/c1-44(2)36-30-24-18-12-9-7-8-10-14-23-29-35-41-50(53)56-47(43-55-49(52)40-34-28-22-17-16-20-26-32-38-46(5)6)42-54-48(51)39-33-27-21-15-11-13-19-25-31-37-45(3)4/h44-47H,7-43H2,1-6H3/t47-/m0/s1. The van der Waals surface area contributed by atoms with Gasteiger partial charge in [0.05, 0.1) is 0 Å². The van der Waals surface area contributed by atoms with E-state index in [2.05, 4.69) is 41.5 Å². The SMILES string of the molecule is CC(C)CCCCCCCCCCCCCCC(=O)O[C@@H](COC(=O)CCCCCCCCCCCC(C)C)COC(=O)CCCCCCCCCCC(C)C. The van der Waals surface area contributed by atoms with Crippen LogP contribution < -0.4 is 0 Å². The fourth-order valence-corrected chi connectivity index (χ4v) is 7.41. The van der Waals surface area contributed by atoms with Crippen molar-refractivity contribution in [3.63, 3.8) is 0 Å². The van der Waals surface area contributed by atoms with Gasteiger partial charge in [0.2, 0.25) is 0 Å². The fraction of sp³-hybridized carbons (Fsp3) is 0.940. The zero-order chi connectivity index (χ0) is 41.3. The van der Waals surface area contributed by atoms with Crippen LogP contribution in [0.2, 0.25) is 0 Å². The van der Waals surface area contributed by atoms with E-state index in [4.69, 9.17) is 14.2 Å². The Morgan fingerprint density at radius 3 is 0.768 bits per heavy atom. The van der Waals surface area contributed by atoms with Crippen LogP contribution in [0, 0.1) is 17.8 Å². The summed E-state index contributed by atoms with van der Waals surface area (Å²) in [5, 5.41) is 0. The highest BCUT2D eigenvalue weighted by atomic mass is 16.6. The predicted molar refractivity (Wildman–Crippen MR) is 238 cm³/mol. The first-order valence-corrected chi connectivity index (χ1v) is 24.6. The molecule has 6 nitrogen and oxygen atoms in total. The van der Waals surface area contributed by atoms with Crippen LogP contribution in [0.1, 0.15) is 266 Å². The molecule has 6 heteroatoms. The van der Waals surface area contributed by atoms with E-state index in [0.29, 0.717) is 19.3 Å². The van der Waals surface area contributed by atoms with E-state index < -0.39 is 6.10 Å². The summed E-state index contributed by atoms with van der Waals surface area (Å²) < 4.78 is 16.8. The molecule has 0 aromatic rings. The molecular formula is C50H96O6. The van der Waals surface area contributed by atoms with Crippen LogP contribution in [0.25, 0.3) is 0 Å². The van der Waals surface area contributed by atoms with Gasteiger partial charge in [0.1, 0.15) is 13.2 Å². The van der Waals surface area contributed by atoms with E-state index in [-0.39, 0.29) is 31.1 Å². The summed E-state index contributed by atoms with van der Waals surface area (Å²) in [6.07, 6.45) is 39.5. The van der Waals surface area contributed by atoms with E-state index in [9.17, 15) is 14.4 Å². The molecule has 0 aliphatic carbocycles. The van der Waals surface area contributed by atoms with Crippen LogP contribution in [0.4, 0.5) is 0 Å². The molecule has 0 bridgehead atoms. The Morgan fingerprint density at radius 2 is 0.518 bits per heavy atom. The second-order valence-corrected chi connectivity index (χ2v) is 18.5. The van der Waals surface area contributed by atoms with Gasteiger partial charge >= 0.3 is 17.9 Å². The van der Waals surface area contributed by atoms with Crippen molar-refractivity contribution < 1.29 is 28.6 Å². The van der Waals surface area contributed by atoms with Crippen molar-refractivity contribution in [1.29, 1.82) is 0 Å². The summed E-state index contributed by atoms with van der Waals surface area (Å²) >= 11 is 0. The maximum Gasteiger partial charge on any atom is 0.306 e. The zero-order valence-corrected chi connectivity index (χ0v) is 38.4. The molecule has 0 heterocycles. The smallest absolute Gasteiger partial charge is 0.306 e. The van der Waals surface area contributed by atoms with Gasteiger partial charge in [-0.3, -0.25) is 14.4 Å². The van der Waals surface area contributed by atoms with E-state index >= 15 is 0 Å². The molecule has 0 amide bonds. The molecule has 332 valence electrons. The van der Waals surface area contributed by atoms with Crippen molar-refractivity contribution in [2.45, 2.75) is 272 Å². The van der Waals surface area contributed by atoms with Crippen LogP contribution in [0.15, 0.2) is 0 Å². The number of unbranched alkanes of at least 4 members (excludes halogenated alkanes) is 26. The molecule has 0 saturated carbocycles. The molecule has 1 atom stereocenters. The van der Waals surface area contributed by atoms with Gasteiger partial charge < -0.3 is 14.2 Å². The molecular weight excluding hydrogens is 697 g/mol. The van der Waals surface area contributed by atoms with E-state index in [1.165, 1.54) is 148 Å². The number of carbonyl (C=O) groups is 3. The molecule has 0 unspecified atom stereocenters. The summed E-state index contributed by atoms with van der Waals surface area (Å²) in [7, 11) is 0. The average Bonchev–Trinajstić information content (AvgIpc) is 3.15. The maximum absolute atomic E-state index is 12.8. The van der Waals surface area contributed by atoms with Crippen LogP contribution >= 0.6 is 0 Å².